The van der Waals surface area contributed by atoms with E-state index in [9.17, 15) is 10.2 Å². The Bertz CT molecular complexity index is 352. The second-order valence-corrected chi connectivity index (χ2v) is 5.91. The van der Waals surface area contributed by atoms with Crippen LogP contribution in [0.2, 0.25) is 0 Å². The Labute approximate surface area is 111 Å². The molecule has 0 aromatic heterocycles. The minimum atomic E-state index is -0.531. The first-order valence-corrected chi connectivity index (χ1v) is 6.90. The number of hydrogen-bond acceptors (Lipinski definition) is 2. The highest BCUT2D eigenvalue weighted by atomic mass is 16.3. The zero-order chi connectivity index (χ0) is 13.6. The molecule has 1 aromatic rings. The molecular weight excluding hydrogens is 224 g/mol. The number of hydrogen-bond donors (Lipinski definition) is 2. The van der Waals surface area contributed by atoms with Crippen LogP contribution in [0, 0.1) is 0 Å². The summed E-state index contributed by atoms with van der Waals surface area (Å²) in [5.74, 6) is 0.834. The maximum Gasteiger partial charge on any atom is 0.115 e. The maximum absolute atomic E-state index is 9.61. The Morgan fingerprint density at radius 1 is 1.17 bits per heavy atom. The van der Waals surface area contributed by atoms with E-state index in [0.717, 1.165) is 25.7 Å². The molecule has 18 heavy (non-hydrogen) atoms. The van der Waals surface area contributed by atoms with Crippen LogP contribution < -0.4 is 0 Å². The van der Waals surface area contributed by atoms with Crippen molar-refractivity contribution in [3.05, 3.63) is 29.8 Å². The fourth-order valence-corrected chi connectivity index (χ4v) is 2.18. The van der Waals surface area contributed by atoms with Gasteiger partial charge in [0.15, 0.2) is 0 Å². The van der Waals surface area contributed by atoms with Crippen LogP contribution >= 0.6 is 0 Å². The van der Waals surface area contributed by atoms with Crippen LogP contribution in [0.3, 0.4) is 0 Å². The summed E-state index contributed by atoms with van der Waals surface area (Å²) < 4.78 is 0. The fourth-order valence-electron chi connectivity index (χ4n) is 2.18. The standard InChI is InChI=1S/C16H26O2/c1-13(14-9-7-10-15(17)12-14)8-5-4-6-11-16(2,3)18/h7,9-10,12-13,17-18H,4-6,8,11H2,1-3H3. The van der Waals surface area contributed by atoms with E-state index < -0.39 is 5.60 Å². The molecule has 2 heteroatoms. The minimum absolute atomic E-state index is 0.349. The van der Waals surface area contributed by atoms with Gasteiger partial charge in [-0.3, -0.25) is 0 Å². The lowest BCUT2D eigenvalue weighted by molar-refractivity contribution is 0.0680. The minimum Gasteiger partial charge on any atom is -0.508 e. The van der Waals surface area contributed by atoms with E-state index in [4.69, 9.17) is 0 Å². The van der Waals surface area contributed by atoms with Crippen LogP contribution in [0.1, 0.15) is 64.4 Å². The number of rotatable bonds is 7. The summed E-state index contributed by atoms with van der Waals surface area (Å²) in [6.07, 6.45) is 5.42. The quantitative estimate of drug-likeness (QED) is 0.711. The summed E-state index contributed by atoms with van der Waals surface area (Å²) in [4.78, 5) is 0. The number of aliphatic hydroxyl groups is 1. The van der Waals surface area contributed by atoms with Gasteiger partial charge in [0.05, 0.1) is 5.60 Å². The van der Waals surface area contributed by atoms with Crippen molar-refractivity contribution < 1.29 is 10.2 Å². The van der Waals surface area contributed by atoms with Crippen LogP contribution in [-0.4, -0.2) is 15.8 Å². The monoisotopic (exact) mass is 250 g/mol. The number of aromatic hydroxyl groups is 1. The lowest BCUT2D eigenvalue weighted by Crippen LogP contribution is -2.17. The average Bonchev–Trinajstić information content (AvgIpc) is 2.26. The van der Waals surface area contributed by atoms with Crippen LogP contribution in [0.15, 0.2) is 24.3 Å². The van der Waals surface area contributed by atoms with E-state index in [0.29, 0.717) is 11.7 Å². The van der Waals surface area contributed by atoms with E-state index in [1.54, 1.807) is 6.07 Å². The molecular formula is C16H26O2. The van der Waals surface area contributed by atoms with E-state index in [2.05, 4.69) is 13.0 Å². The molecule has 0 radical (unpaired) electrons. The van der Waals surface area contributed by atoms with E-state index >= 15 is 0 Å². The zero-order valence-electron chi connectivity index (χ0n) is 11.8. The highest BCUT2D eigenvalue weighted by Crippen LogP contribution is 2.25. The smallest absolute Gasteiger partial charge is 0.115 e. The molecule has 0 saturated heterocycles. The Morgan fingerprint density at radius 2 is 1.89 bits per heavy atom. The van der Waals surface area contributed by atoms with Gasteiger partial charge in [0.25, 0.3) is 0 Å². The number of phenolic OH excluding ortho intramolecular Hbond substituents is 1. The van der Waals surface area contributed by atoms with E-state index in [1.165, 1.54) is 12.0 Å². The molecule has 0 amide bonds. The first-order valence-electron chi connectivity index (χ1n) is 6.90. The van der Waals surface area contributed by atoms with Gasteiger partial charge in [-0.1, -0.05) is 38.3 Å². The van der Waals surface area contributed by atoms with Crippen molar-refractivity contribution in [3.8, 4) is 5.75 Å². The molecule has 0 heterocycles. The van der Waals surface area contributed by atoms with Crippen molar-refractivity contribution in [3.63, 3.8) is 0 Å². The van der Waals surface area contributed by atoms with Gasteiger partial charge in [-0.05, 0) is 50.3 Å². The SMILES string of the molecule is CC(CCCCCC(C)(C)O)c1cccc(O)c1. The van der Waals surface area contributed by atoms with Gasteiger partial charge in [-0.25, -0.2) is 0 Å². The van der Waals surface area contributed by atoms with Gasteiger partial charge in [-0.15, -0.1) is 0 Å². The zero-order valence-corrected chi connectivity index (χ0v) is 11.8. The highest BCUT2D eigenvalue weighted by molar-refractivity contribution is 5.29. The summed E-state index contributed by atoms with van der Waals surface area (Å²) in [5.41, 5.74) is 0.675. The molecule has 0 saturated carbocycles. The molecule has 0 aliphatic heterocycles. The van der Waals surface area contributed by atoms with E-state index in [-0.39, 0.29) is 0 Å². The summed E-state index contributed by atoms with van der Waals surface area (Å²) in [5, 5.41) is 19.0. The predicted molar refractivity (Wildman–Crippen MR) is 75.9 cm³/mol. The molecule has 2 nitrogen and oxygen atoms in total. The summed E-state index contributed by atoms with van der Waals surface area (Å²) in [6, 6.07) is 7.53. The molecule has 1 aromatic carbocycles. The number of unbranched alkanes of at least 4 members (excludes halogenated alkanes) is 2. The van der Waals surface area contributed by atoms with Crippen molar-refractivity contribution in [2.45, 2.75) is 64.4 Å². The van der Waals surface area contributed by atoms with Crippen molar-refractivity contribution in [2.75, 3.05) is 0 Å². The molecule has 0 aliphatic carbocycles. The van der Waals surface area contributed by atoms with Gasteiger partial charge >= 0.3 is 0 Å². The van der Waals surface area contributed by atoms with Gasteiger partial charge in [0.1, 0.15) is 5.75 Å². The van der Waals surface area contributed by atoms with Gasteiger partial charge in [0, 0.05) is 0 Å². The van der Waals surface area contributed by atoms with Gasteiger partial charge in [0.2, 0.25) is 0 Å². The molecule has 0 bridgehead atoms. The summed E-state index contributed by atoms with van der Waals surface area (Å²) in [7, 11) is 0. The maximum atomic E-state index is 9.61. The fraction of sp³-hybridized carbons (Fsp3) is 0.625. The third kappa shape index (κ3) is 6.06. The molecule has 1 atom stereocenters. The molecule has 2 N–H and O–H groups in total. The lowest BCUT2D eigenvalue weighted by atomic mass is 9.93. The number of benzene rings is 1. The molecule has 0 spiro atoms. The molecule has 102 valence electrons. The van der Waals surface area contributed by atoms with Crippen LogP contribution in [-0.2, 0) is 0 Å². The average molecular weight is 250 g/mol. The summed E-state index contributed by atoms with van der Waals surface area (Å²) >= 11 is 0. The Hall–Kier alpha value is -1.02. The predicted octanol–water partition coefficient (Wildman–Crippen LogP) is 4.22. The van der Waals surface area contributed by atoms with Crippen LogP contribution in [0.5, 0.6) is 5.75 Å². The second-order valence-electron chi connectivity index (χ2n) is 5.91. The first-order chi connectivity index (χ1) is 8.38. The molecule has 0 aliphatic rings. The number of phenols is 1. The molecule has 1 rings (SSSR count). The summed E-state index contributed by atoms with van der Waals surface area (Å²) in [6.45, 7) is 5.93. The van der Waals surface area contributed by atoms with Gasteiger partial charge < -0.3 is 10.2 Å². The Balaban J connectivity index is 2.23. The second kappa shape index (κ2) is 6.79. The Kier molecular flexibility index (Phi) is 5.67. The van der Waals surface area contributed by atoms with Crippen LogP contribution in [0.25, 0.3) is 0 Å². The van der Waals surface area contributed by atoms with Gasteiger partial charge in [-0.2, -0.15) is 0 Å². The van der Waals surface area contributed by atoms with Crippen LogP contribution in [0.4, 0.5) is 0 Å². The van der Waals surface area contributed by atoms with Crippen molar-refractivity contribution in [1.82, 2.24) is 0 Å². The lowest BCUT2D eigenvalue weighted by Gasteiger charge is -2.17. The van der Waals surface area contributed by atoms with Crippen molar-refractivity contribution in [1.29, 1.82) is 0 Å². The van der Waals surface area contributed by atoms with Crippen molar-refractivity contribution in [2.24, 2.45) is 0 Å². The van der Waals surface area contributed by atoms with E-state index in [1.807, 2.05) is 26.0 Å². The molecule has 0 fully saturated rings. The molecule has 1 unspecified atom stereocenters. The normalized spacial score (nSPS) is 13.6. The topological polar surface area (TPSA) is 40.5 Å². The third-order valence-corrected chi connectivity index (χ3v) is 3.36. The largest absolute Gasteiger partial charge is 0.508 e. The highest BCUT2D eigenvalue weighted by Gasteiger charge is 2.11. The third-order valence-electron chi connectivity index (χ3n) is 3.36. The Morgan fingerprint density at radius 3 is 2.50 bits per heavy atom. The van der Waals surface area contributed by atoms with Crippen molar-refractivity contribution >= 4 is 0 Å². The first kappa shape index (κ1) is 15.0.